The smallest absolute Gasteiger partial charge is 1.00 e. The summed E-state index contributed by atoms with van der Waals surface area (Å²) in [6.07, 6.45) is 3.07. The molecule has 0 atom stereocenters. The van der Waals surface area contributed by atoms with Gasteiger partial charge in [0.05, 0.1) is 45.6 Å². The van der Waals surface area contributed by atoms with Gasteiger partial charge in [0.2, 0.25) is 10.6 Å². The van der Waals surface area contributed by atoms with Crippen molar-refractivity contribution in [3.63, 3.8) is 0 Å². The molecular formula is C34H36Br2Cl3FK2N8O5P2S2. The molecule has 13 nitrogen and oxygen atoms in total. The first-order chi connectivity index (χ1) is 27.2. The van der Waals surface area contributed by atoms with Crippen molar-refractivity contribution in [1.29, 1.82) is 0 Å². The molecule has 6 rings (SSSR count). The SMILES string of the molecule is Cc1scnc1-c1ccc(N)c(P(C)(C)=O)c1.Cc1scnc1-c1ccc(Nc2nc(Cl)ncc2Br)c(P(C)(C)=O)c1.Clc1ncc(Br)c(Cl)n1.O=CO[O-].[2H]CF.[H-].[K+].[K+]. The van der Waals surface area contributed by atoms with Gasteiger partial charge in [0, 0.05) is 49.6 Å². The minimum atomic E-state index is -2.54. The van der Waals surface area contributed by atoms with Crippen LogP contribution in [0.1, 0.15) is 12.6 Å². The van der Waals surface area contributed by atoms with Crippen molar-refractivity contribution in [1.82, 2.24) is 29.9 Å². The molecule has 0 spiro atoms. The number of aromatic nitrogens is 6. The van der Waals surface area contributed by atoms with Crippen LogP contribution in [0.5, 0.6) is 0 Å². The molecular weight excluding hydrogens is 1090 g/mol. The zero-order valence-electron chi connectivity index (χ0n) is 34.8. The Balaban J connectivity index is 0. The minimum Gasteiger partial charge on any atom is -1.00 e. The van der Waals surface area contributed by atoms with Crippen LogP contribution in [0, 0.1) is 13.8 Å². The fourth-order valence-electron chi connectivity index (χ4n) is 4.44. The van der Waals surface area contributed by atoms with Gasteiger partial charge in [-0.05, 0) is 120 Å². The molecule has 0 bridgehead atoms. The van der Waals surface area contributed by atoms with Crippen molar-refractivity contribution in [3.8, 4) is 22.5 Å². The predicted octanol–water partition coefficient (Wildman–Crippen LogP) is 3.95. The first-order valence-corrected chi connectivity index (χ1v) is 25.2. The molecule has 0 fully saturated rings. The van der Waals surface area contributed by atoms with Crippen LogP contribution in [0.15, 0.2) is 68.8 Å². The Bertz CT molecular complexity index is 2410. The van der Waals surface area contributed by atoms with Crippen LogP contribution < -0.4 is 130 Å². The average Bonchev–Trinajstić information content (AvgIpc) is 3.79. The van der Waals surface area contributed by atoms with Crippen molar-refractivity contribution >= 4 is 138 Å². The van der Waals surface area contributed by atoms with E-state index >= 15 is 0 Å². The van der Waals surface area contributed by atoms with Crippen LogP contribution in [-0.2, 0) is 18.8 Å². The van der Waals surface area contributed by atoms with E-state index in [-0.39, 0.29) is 121 Å². The Labute approximate surface area is 469 Å². The normalized spacial score (nSPS) is 10.4. The van der Waals surface area contributed by atoms with Gasteiger partial charge in [-0.25, -0.2) is 24.9 Å². The summed E-state index contributed by atoms with van der Waals surface area (Å²) in [7, 11) is -5.89. The van der Waals surface area contributed by atoms with E-state index in [1.165, 1.54) is 6.20 Å². The minimum absolute atomic E-state index is 0. The largest absolute Gasteiger partial charge is 1.00 e. The molecule has 0 aliphatic rings. The van der Waals surface area contributed by atoms with E-state index in [1.54, 1.807) is 55.5 Å². The monoisotopic (exact) mass is 1120 g/mol. The van der Waals surface area contributed by atoms with E-state index in [0.29, 0.717) is 25.6 Å². The molecule has 6 aromatic rings. The molecule has 308 valence electrons. The van der Waals surface area contributed by atoms with Crippen LogP contribution in [0.4, 0.5) is 21.6 Å². The Morgan fingerprint density at radius 3 is 1.69 bits per heavy atom. The molecule has 0 unspecified atom stereocenters. The number of carbonyl (C=O) groups excluding carboxylic acids is 1. The summed E-state index contributed by atoms with van der Waals surface area (Å²) in [5, 5.41) is 13.7. The molecule has 3 N–H and O–H groups in total. The third kappa shape index (κ3) is 19.6. The summed E-state index contributed by atoms with van der Waals surface area (Å²) >= 11 is 26.5. The molecule has 0 saturated heterocycles. The zero-order valence-corrected chi connectivity index (χ0v) is 47.9. The average molecular weight is 1130 g/mol. The number of nitrogen functional groups attached to an aromatic ring is 1. The van der Waals surface area contributed by atoms with E-state index in [2.05, 4.69) is 72.0 Å². The second kappa shape index (κ2) is 29.0. The van der Waals surface area contributed by atoms with Crippen molar-refractivity contribution in [2.24, 2.45) is 0 Å². The van der Waals surface area contributed by atoms with Crippen LogP contribution in [0.3, 0.4) is 0 Å². The number of rotatable bonds is 7. The Morgan fingerprint density at radius 2 is 1.29 bits per heavy atom. The third-order valence-electron chi connectivity index (χ3n) is 6.90. The molecule has 25 heteroatoms. The first kappa shape index (κ1) is 57.4. The Morgan fingerprint density at radius 1 is 0.847 bits per heavy atom. The standard InChI is InChI=1S/C16H15BrClN4OPS.C12H15N2OPS.C4HBrCl2N2.CH3F.CH2O3.2K.H/c1-9-14(20-8-25-9)10-4-5-12(13(6-10)24(2,3)23)21-15-11(17)7-19-16(18)22-15;1-8-12(14-7-17-8)9-4-5-10(13)11(6-9)16(2,3)15;5-2-1-8-4(7)9-3(2)6;1-2;2-1-4-3;;;/h4-8H,1-3H3,(H,19,21,22);4-7H,13H2,1-3H3;1H;1H3;1,3H;;;/q;;;;;2*+1;-1/p-1/i;;;1D;;;;. The summed E-state index contributed by atoms with van der Waals surface area (Å²) in [4.78, 5) is 37.7. The molecule has 4 aromatic heterocycles. The second-order valence-electron chi connectivity index (χ2n) is 11.7. The predicted molar refractivity (Wildman–Crippen MR) is 240 cm³/mol. The summed E-state index contributed by atoms with van der Waals surface area (Å²) in [5.74, 6) is 0.521. The zero-order chi connectivity index (χ0) is 43.8. The number of nitrogens with zero attached hydrogens (tertiary/aromatic N) is 6. The molecule has 0 amide bonds. The quantitative estimate of drug-likeness (QED) is 0.0341. The van der Waals surface area contributed by atoms with Crippen LogP contribution in [0.2, 0.25) is 15.7 Å². The number of carbonyl (C=O) groups is 1. The van der Waals surface area contributed by atoms with E-state index in [0.717, 1.165) is 48.6 Å². The molecule has 4 heterocycles. The van der Waals surface area contributed by atoms with Crippen molar-refractivity contribution in [2.45, 2.75) is 13.8 Å². The van der Waals surface area contributed by atoms with E-state index < -0.39 is 21.4 Å². The van der Waals surface area contributed by atoms with Crippen LogP contribution in [-0.4, -0.2) is 70.2 Å². The number of halogens is 6. The number of anilines is 3. The second-order valence-corrected chi connectivity index (χ2v) is 22.9. The Kier molecular flexibility index (Phi) is 28.2. The van der Waals surface area contributed by atoms with E-state index in [4.69, 9.17) is 52.0 Å². The first-order valence-electron chi connectivity index (χ1n) is 16.2. The molecule has 59 heavy (non-hydrogen) atoms. The molecule has 0 saturated carbocycles. The maximum Gasteiger partial charge on any atom is 1.00 e. The van der Waals surface area contributed by atoms with Gasteiger partial charge < -0.3 is 31.8 Å². The summed E-state index contributed by atoms with van der Waals surface area (Å²) < 4.78 is 41.8. The fourth-order valence-corrected chi connectivity index (χ4v) is 8.86. The number of nitrogens with one attached hydrogen (secondary N) is 1. The summed E-state index contributed by atoms with van der Waals surface area (Å²) in [6.45, 7) is 10.8. The molecule has 0 aliphatic heterocycles. The van der Waals surface area contributed by atoms with Gasteiger partial charge in [-0.2, -0.15) is 4.98 Å². The van der Waals surface area contributed by atoms with Crippen LogP contribution >= 0.6 is 104 Å². The Hall–Kier alpha value is 0.383. The van der Waals surface area contributed by atoms with Gasteiger partial charge >= 0.3 is 103 Å². The van der Waals surface area contributed by atoms with E-state index in [1.807, 2.05) is 61.3 Å². The van der Waals surface area contributed by atoms with Gasteiger partial charge in [-0.15, -0.1) is 22.7 Å². The maximum absolute atomic E-state index is 12.9. The number of benzene rings is 2. The van der Waals surface area contributed by atoms with Crippen molar-refractivity contribution < 1.29 is 134 Å². The van der Waals surface area contributed by atoms with Crippen molar-refractivity contribution in [3.05, 3.63) is 94.2 Å². The summed E-state index contributed by atoms with van der Waals surface area (Å²) in [5.41, 5.74) is 14.6. The third-order valence-corrected chi connectivity index (χ3v) is 13.5. The van der Waals surface area contributed by atoms with Crippen LogP contribution in [0.25, 0.3) is 22.5 Å². The summed E-state index contributed by atoms with van der Waals surface area (Å²) in [6, 6.07) is 11.4. The van der Waals surface area contributed by atoms with E-state index in [9.17, 15) is 13.5 Å². The molecule has 2 aromatic carbocycles. The molecule has 0 radical (unpaired) electrons. The maximum atomic E-state index is 12.9. The van der Waals surface area contributed by atoms with Gasteiger partial charge in [-0.1, -0.05) is 23.7 Å². The van der Waals surface area contributed by atoms with Crippen molar-refractivity contribution in [2.75, 3.05) is 44.9 Å². The number of alkyl halides is 1. The number of hydrogen-bond donors (Lipinski definition) is 2. The van der Waals surface area contributed by atoms with Gasteiger partial charge in [0.25, 0.3) is 6.47 Å². The fraction of sp³-hybridized carbons (Fsp3) is 0.206. The number of nitrogens with two attached hydrogens (primary N) is 1. The van der Waals surface area contributed by atoms with Gasteiger partial charge in [0.1, 0.15) is 25.3 Å². The number of aryl methyl sites for hydroxylation is 2. The van der Waals surface area contributed by atoms with Gasteiger partial charge in [0.15, 0.2) is 0 Å². The topological polar surface area (TPSA) is 199 Å². The number of thiazole rings is 2. The van der Waals surface area contributed by atoms with Gasteiger partial charge in [-0.3, -0.25) is 9.18 Å². The number of hydrogen-bond acceptors (Lipinski definition) is 15. The molecule has 0 aliphatic carbocycles.